The van der Waals surface area contributed by atoms with Crippen LogP contribution >= 0.6 is 0 Å². The molecule has 0 bridgehead atoms. The summed E-state index contributed by atoms with van der Waals surface area (Å²) in [6.45, 7) is 1.81. The van der Waals surface area contributed by atoms with Gasteiger partial charge in [0.05, 0.1) is 5.92 Å². The van der Waals surface area contributed by atoms with Gasteiger partial charge in [0.2, 0.25) is 0 Å². The number of carboxylic acids is 1. The summed E-state index contributed by atoms with van der Waals surface area (Å²) >= 11 is 0. The fraction of sp³-hybridized carbons (Fsp3) is 0.462. The quantitative estimate of drug-likeness (QED) is 0.804. The van der Waals surface area contributed by atoms with E-state index in [4.69, 9.17) is 5.11 Å². The maximum atomic E-state index is 11.0. The summed E-state index contributed by atoms with van der Waals surface area (Å²) in [7, 11) is 0. The van der Waals surface area contributed by atoms with Gasteiger partial charge in [0, 0.05) is 0 Å². The van der Waals surface area contributed by atoms with Crippen molar-refractivity contribution in [1.82, 2.24) is 0 Å². The third kappa shape index (κ3) is 1.89. The van der Waals surface area contributed by atoms with Gasteiger partial charge in [-0.3, -0.25) is 4.79 Å². The van der Waals surface area contributed by atoms with Crippen molar-refractivity contribution in [3.63, 3.8) is 0 Å². The number of rotatable bonds is 2. The monoisotopic (exact) mass is 204 g/mol. The Labute approximate surface area is 89.9 Å². The summed E-state index contributed by atoms with van der Waals surface area (Å²) in [5, 5.41) is 9.06. The Bertz CT molecular complexity index is 371. The molecule has 15 heavy (non-hydrogen) atoms. The SMILES string of the molecule is C[C@@H](C(=O)O)C1CCCc2ccccc21. The van der Waals surface area contributed by atoms with E-state index in [2.05, 4.69) is 12.1 Å². The van der Waals surface area contributed by atoms with E-state index >= 15 is 0 Å². The maximum Gasteiger partial charge on any atom is 0.306 e. The van der Waals surface area contributed by atoms with Gasteiger partial charge in [0.15, 0.2) is 0 Å². The van der Waals surface area contributed by atoms with Gasteiger partial charge in [-0.05, 0) is 36.3 Å². The molecule has 0 aliphatic heterocycles. The number of carbonyl (C=O) groups is 1. The molecular weight excluding hydrogens is 188 g/mol. The van der Waals surface area contributed by atoms with Crippen LogP contribution < -0.4 is 0 Å². The Morgan fingerprint density at radius 3 is 2.93 bits per heavy atom. The third-order valence-corrected chi connectivity index (χ3v) is 3.41. The van der Waals surface area contributed by atoms with E-state index < -0.39 is 5.97 Å². The molecule has 1 aliphatic rings. The fourth-order valence-corrected chi connectivity index (χ4v) is 2.48. The highest BCUT2D eigenvalue weighted by molar-refractivity contribution is 5.71. The molecule has 2 atom stereocenters. The molecule has 80 valence electrons. The minimum absolute atomic E-state index is 0.201. The van der Waals surface area contributed by atoms with Crippen molar-refractivity contribution >= 4 is 5.97 Å². The van der Waals surface area contributed by atoms with Crippen LogP contribution in [0.15, 0.2) is 24.3 Å². The summed E-state index contributed by atoms with van der Waals surface area (Å²) in [5.74, 6) is -0.754. The molecule has 2 rings (SSSR count). The van der Waals surface area contributed by atoms with Crippen molar-refractivity contribution in [1.29, 1.82) is 0 Å². The first kappa shape index (κ1) is 10.2. The van der Waals surface area contributed by atoms with E-state index in [1.54, 1.807) is 0 Å². The Morgan fingerprint density at radius 2 is 2.20 bits per heavy atom. The van der Waals surface area contributed by atoms with E-state index in [9.17, 15) is 4.79 Å². The fourth-order valence-electron chi connectivity index (χ4n) is 2.48. The van der Waals surface area contributed by atoms with Crippen molar-refractivity contribution in [2.45, 2.75) is 32.1 Å². The zero-order valence-corrected chi connectivity index (χ0v) is 8.94. The summed E-state index contributed by atoms with van der Waals surface area (Å²) in [4.78, 5) is 11.0. The molecular formula is C13H16O2. The number of benzene rings is 1. The highest BCUT2D eigenvalue weighted by Crippen LogP contribution is 2.36. The van der Waals surface area contributed by atoms with Crippen LogP contribution in [-0.4, -0.2) is 11.1 Å². The van der Waals surface area contributed by atoms with E-state index in [-0.39, 0.29) is 11.8 Å². The van der Waals surface area contributed by atoms with Gasteiger partial charge in [-0.1, -0.05) is 31.2 Å². The van der Waals surface area contributed by atoms with Crippen molar-refractivity contribution < 1.29 is 9.90 Å². The Morgan fingerprint density at radius 1 is 1.47 bits per heavy atom. The largest absolute Gasteiger partial charge is 0.481 e. The second-order valence-corrected chi connectivity index (χ2v) is 4.32. The lowest BCUT2D eigenvalue weighted by molar-refractivity contribution is -0.142. The highest BCUT2D eigenvalue weighted by Gasteiger charge is 2.28. The summed E-state index contributed by atoms with van der Waals surface area (Å²) in [6, 6.07) is 8.24. The number of hydrogen-bond acceptors (Lipinski definition) is 1. The molecule has 1 aromatic rings. The second kappa shape index (κ2) is 4.05. The molecule has 2 nitrogen and oxygen atoms in total. The van der Waals surface area contributed by atoms with Gasteiger partial charge >= 0.3 is 5.97 Å². The standard InChI is InChI=1S/C13H16O2/c1-9(13(14)15)11-8-4-6-10-5-2-3-7-12(10)11/h2-3,5,7,9,11H,4,6,8H2,1H3,(H,14,15)/t9-,11?/m1/s1. The minimum Gasteiger partial charge on any atom is -0.481 e. The molecule has 1 aromatic carbocycles. The van der Waals surface area contributed by atoms with Crippen LogP contribution in [0.25, 0.3) is 0 Å². The number of aliphatic carboxylic acids is 1. The smallest absolute Gasteiger partial charge is 0.306 e. The first-order valence-electron chi connectivity index (χ1n) is 5.50. The normalized spacial score (nSPS) is 21.8. The van der Waals surface area contributed by atoms with Crippen LogP contribution in [0.1, 0.15) is 36.8 Å². The van der Waals surface area contributed by atoms with Crippen LogP contribution in [0.4, 0.5) is 0 Å². The average Bonchev–Trinajstić information content (AvgIpc) is 2.27. The maximum absolute atomic E-state index is 11.0. The average molecular weight is 204 g/mol. The van der Waals surface area contributed by atoms with E-state index in [0.717, 1.165) is 19.3 Å². The van der Waals surface area contributed by atoms with Crippen LogP contribution in [0, 0.1) is 5.92 Å². The van der Waals surface area contributed by atoms with Gasteiger partial charge in [-0.2, -0.15) is 0 Å². The van der Waals surface area contributed by atoms with E-state index in [1.165, 1.54) is 11.1 Å². The molecule has 2 heteroatoms. The third-order valence-electron chi connectivity index (χ3n) is 3.41. The van der Waals surface area contributed by atoms with Gasteiger partial charge in [-0.25, -0.2) is 0 Å². The van der Waals surface area contributed by atoms with Crippen molar-refractivity contribution in [3.05, 3.63) is 35.4 Å². The summed E-state index contributed by atoms with van der Waals surface area (Å²) in [5.41, 5.74) is 2.58. The van der Waals surface area contributed by atoms with Crippen LogP contribution in [0.2, 0.25) is 0 Å². The zero-order chi connectivity index (χ0) is 10.8. The lowest BCUT2D eigenvalue weighted by Gasteiger charge is -2.28. The summed E-state index contributed by atoms with van der Waals surface area (Å²) in [6.07, 6.45) is 3.21. The molecule has 0 aromatic heterocycles. The predicted octanol–water partition coefficient (Wildman–Crippen LogP) is 2.83. The molecule has 0 saturated carbocycles. The first-order valence-corrected chi connectivity index (χ1v) is 5.50. The number of fused-ring (bicyclic) bond motifs is 1. The summed E-state index contributed by atoms with van der Waals surface area (Å²) < 4.78 is 0. The van der Waals surface area contributed by atoms with Crippen LogP contribution in [0.3, 0.4) is 0 Å². The van der Waals surface area contributed by atoms with E-state index in [1.807, 2.05) is 19.1 Å². The van der Waals surface area contributed by atoms with Gasteiger partial charge in [0.1, 0.15) is 0 Å². The Kier molecular flexibility index (Phi) is 2.76. The first-order chi connectivity index (χ1) is 7.20. The van der Waals surface area contributed by atoms with Crippen LogP contribution in [-0.2, 0) is 11.2 Å². The lowest BCUT2D eigenvalue weighted by Crippen LogP contribution is -2.22. The van der Waals surface area contributed by atoms with E-state index in [0.29, 0.717) is 0 Å². The molecule has 1 unspecified atom stereocenters. The molecule has 0 fully saturated rings. The Balaban J connectivity index is 2.33. The van der Waals surface area contributed by atoms with Crippen molar-refractivity contribution in [3.8, 4) is 0 Å². The Hall–Kier alpha value is -1.31. The molecule has 0 radical (unpaired) electrons. The molecule has 0 amide bonds. The molecule has 1 N–H and O–H groups in total. The van der Waals surface area contributed by atoms with Gasteiger partial charge < -0.3 is 5.11 Å². The number of aryl methyl sites for hydroxylation is 1. The van der Waals surface area contributed by atoms with Crippen molar-refractivity contribution in [2.24, 2.45) is 5.92 Å². The van der Waals surface area contributed by atoms with Crippen LogP contribution in [0.5, 0.6) is 0 Å². The number of carboxylic acid groups (broad SMARTS) is 1. The van der Waals surface area contributed by atoms with Crippen molar-refractivity contribution in [2.75, 3.05) is 0 Å². The molecule has 0 saturated heterocycles. The predicted molar refractivity (Wildman–Crippen MR) is 58.9 cm³/mol. The zero-order valence-electron chi connectivity index (χ0n) is 8.94. The molecule has 1 aliphatic carbocycles. The lowest BCUT2D eigenvalue weighted by atomic mass is 9.76. The minimum atomic E-state index is -0.684. The second-order valence-electron chi connectivity index (χ2n) is 4.32. The molecule has 0 spiro atoms. The topological polar surface area (TPSA) is 37.3 Å². The highest BCUT2D eigenvalue weighted by atomic mass is 16.4. The van der Waals surface area contributed by atoms with Gasteiger partial charge in [0.25, 0.3) is 0 Å². The molecule has 0 heterocycles. The van der Waals surface area contributed by atoms with Gasteiger partial charge in [-0.15, -0.1) is 0 Å². The number of hydrogen-bond donors (Lipinski definition) is 1.